The fourth-order valence-electron chi connectivity index (χ4n) is 0.856. The molecule has 0 saturated carbocycles. The van der Waals surface area contributed by atoms with Crippen LogP contribution in [-0.2, 0) is 9.53 Å². The molecular formula is C8H16O4. The van der Waals surface area contributed by atoms with Crippen LogP contribution in [0.1, 0.15) is 20.8 Å². The molecule has 0 rings (SSSR count). The Kier molecular flexibility index (Phi) is 3.67. The van der Waals surface area contributed by atoms with Crippen molar-refractivity contribution in [3.05, 3.63) is 0 Å². The van der Waals surface area contributed by atoms with Crippen molar-refractivity contribution in [3.8, 4) is 0 Å². The molecule has 0 aliphatic rings. The molecule has 2 N–H and O–H groups in total. The first kappa shape index (κ1) is 11.4. The van der Waals surface area contributed by atoms with E-state index in [1.54, 1.807) is 13.8 Å². The number of methoxy groups -OCH3 is 1. The lowest BCUT2D eigenvalue weighted by Gasteiger charge is -2.29. The predicted molar refractivity (Wildman–Crippen MR) is 43.9 cm³/mol. The Labute approximate surface area is 72.2 Å². The zero-order valence-corrected chi connectivity index (χ0v) is 7.87. The number of aliphatic hydroxyl groups is 1. The third-order valence-corrected chi connectivity index (χ3v) is 2.40. The van der Waals surface area contributed by atoms with Gasteiger partial charge in [0.25, 0.3) is 0 Å². The first-order valence-electron chi connectivity index (χ1n) is 3.82. The minimum atomic E-state index is -1.73. The van der Waals surface area contributed by atoms with Crippen molar-refractivity contribution in [2.45, 2.75) is 32.5 Å². The Bertz CT molecular complexity index is 164. The van der Waals surface area contributed by atoms with Gasteiger partial charge in [0, 0.05) is 13.0 Å². The highest BCUT2D eigenvalue weighted by molar-refractivity contribution is 5.76. The Morgan fingerprint density at radius 2 is 1.92 bits per heavy atom. The van der Waals surface area contributed by atoms with Gasteiger partial charge in [0.15, 0.2) is 5.60 Å². The average Bonchev–Trinajstić information content (AvgIpc) is 2.01. The average molecular weight is 176 g/mol. The summed E-state index contributed by atoms with van der Waals surface area (Å²) in [5.74, 6) is -1.67. The van der Waals surface area contributed by atoms with E-state index >= 15 is 0 Å². The molecule has 0 aromatic heterocycles. The largest absolute Gasteiger partial charge is 0.479 e. The number of ether oxygens (including phenoxy) is 1. The maximum absolute atomic E-state index is 10.6. The van der Waals surface area contributed by atoms with Crippen molar-refractivity contribution < 1.29 is 19.7 Å². The van der Waals surface area contributed by atoms with Crippen molar-refractivity contribution in [3.63, 3.8) is 0 Å². The zero-order chi connectivity index (χ0) is 9.94. The normalized spacial score (nSPS) is 21.1. The molecule has 0 spiro atoms. The fraction of sp³-hybridized carbons (Fsp3) is 0.875. The van der Waals surface area contributed by atoms with Crippen LogP contribution in [0.3, 0.4) is 0 Å². The number of hydrogen-bond donors (Lipinski definition) is 2. The summed E-state index contributed by atoms with van der Waals surface area (Å²) < 4.78 is 4.93. The third kappa shape index (κ3) is 2.19. The number of hydrogen-bond acceptors (Lipinski definition) is 3. The second-order valence-electron chi connectivity index (χ2n) is 3.18. The summed E-state index contributed by atoms with van der Waals surface area (Å²) in [6, 6.07) is 0. The molecule has 0 amide bonds. The van der Waals surface area contributed by atoms with Crippen molar-refractivity contribution in [1.29, 1.82) is 0 Å². The molecule has 4 nitrogen and oxygen atoms in total. The summed E-state index contributed by atoms with van der Waals surface area (Å²) in [4.78, 5) is 10.6. The lowest BCUT2D eigenvalue weighted by atomic mass is 9.87. The summed E-state index contributed by atoms with van der Waals surface area (Å²) in [5, 5.41) is 18.1. The van der Waals surface area contributed by atoms with Gasteiger partial charge in [-0.3, -0.25) is 0 Å². The summed E-state index contributed by atoms with van der Waals surface area (Å²) >= 11 is 0. The van der Waals surface area contributed by atoms with Gasteiger partial charge in [0.2, 0.25) is 0 Å². The van der Waals surface area contributed by atoms with E-state index in [4.69, 9.17) is 9.84 Å². The van der Waals surface area contributed by atoms with Gasteiger partial charge in [-0.05, 0) is 13.8 Å². The number of carboxylic acids is 1. The van der Waals surface area contributed by atoms with Gasteiger partial charge in [-0.1, -0.05) is 6.92 Å². The first-order valence-corrected chi connectivity index (χ1v) is 3.82. The number of aliphatic carboxylic acids is 1. The van der Waals surface area contributed by atoms with E-state index in [9.17, 15) is 9.90 Å². The maximum Gasteiger partial charge on any atom is 0.335 e. The Hall–Kier alpha value is -0.610. The topological polar surface area (TPSA) is 66.8 Å². The van der Waals surface area contributed by atoms with E-state index in [0.717, 1.165) is 0 Å². The van der Waals surface area contributed by atoms with E-state index in [1.165, 1.54) is 14.0 Å². The minimum Gasteiger partial charge on any atom is -0.479 e. The summed E-state index contributed by atoms with van der Waals surface area (Å²) in [6.07, 6.45) is -0.281. The molecule has 72 valence electrons. The van der Waals surface area contributed by atoms with Crippen molar-refractivity contribution >= 4 is 5.97 Å². The van der Waals surface area contributed by atoms with E-state index in [0.29, 0.717) is 0 Å². The molecule has 4 heteroatoms. The molecule has 0 bridgehead atoms. The molecule has 0 aromatic rings. The first-order chi connectivity index (χ1) is 5.34. The van der Waals surface area contributed by atoms with Crippen LogP contribution < -0.4 is 0 Å². The Balaban J connectivity index is 4.44. The molecular weight excluding hydrogens is 160 g/mol. The zero-order valence-electron chi connectivity index (χ0n) is 7.87. The summed E-state index contributed by atoms with van der Waals surface area (Å²) in [5.41, 5.74) is -1.73. The SMILES string of the molecule is COC(C)C(C)C(C)(O)C(=O)O. The van der Waals surface area contributed by atoms with Crippen molar-refractivity contribution in [2.24, 2.45) is 5.92 Å². The molecule has 0 heterocycles. The van der Waals surface area contributed by atoms with Crippen LogP contribution in [-0.4, -0.2) is 35.0 Å². The molecule has 0 aliphatic heterocycles. The fourth-order valence-corrected chi connectivity index (χ4v) is 0.856. The standard InChI is InChI=1S/C8H16O4/c1-5(6(2)12-4)8(3,11)7(9)10/h5-6,11H,1-4H3,(H,9,10). The van der Waals surface area contributed by atoms with Gasteiger partial charge >= 0.3 is 5.97 Å². The van der Waals surface area contributed by atoms with E-state index in [1.807, 2.05) is 0 Å². The quantitative estimate of drug-likeness (QED) is 0.654. The second kappa shape index (κ2) is 3.87. The van der Waals surface area contributed by atoms with E-state index in [2.05, 4.69) is 0 Å². The number of carboxylic acid groups (broad SMARTS) is 1. The van der Waals surface area contributed by atoms with Crippen LogP contribution in [0.15, 0.2) is 0 Å². The monoisotopic (exact) mass is 176 g/mol. The van der Waals surface area contributed by atoms with Gasteiger partial charge in [-0.2, -0.15) is 0 Å². The molecule has 0 aromatic carbocycles. The van der Waals surface area contributed by atoms with Crippen LogP contribution in [0.4, 0.5) is 0 Å². The van der Waals surface area contributed by atoms with Crippen LogP contribution in [0.5, 0.6) is 0 Å². The Morgan fingerprint density at radius 3 is 2.17 bits per heavy atom. The number of carbonyl (C=O) groups is 1. The van der Waals surface area contributed by atoms with Crippen LogP contribution >= 0.6 is 0 Å². The number of rotatable bonds is 4. The van der Waals surface area contributed by atoms with Crippen molar-refractivity contribution in [1.82, 2.24) is 0 Å². The third-order valence-electron chi connectivity index (χ3n) is 2.40. The van der Waals surface area contributed by atoms with Crippen LogP contribution in [0.25, 0.3) is 0 Å². The lowest BCUT2D eigenvalue weighted by molar-refractivity contribution is -0.167. The Morgan fingerprint density at radius 1 is 1.50 bits per heavy atom. The van der Waals surface area contributed by atoms with Gasteiger partial charge in [0.05, 0.1) is 6.10 Å². The van der Waals surface area contributed by atoms with Gasteiger partial charge in [-0.25, -0.2) is 4.79 Å². The molecule has 3 unspecified atom stereocenters. The van der Waals surface area contributed by atoms with Crippen molar-refractivity contribution in [2.75, 3.05) is 7.11 Å². The maximum atomic E-state index is 10.6. The highest BCUT2D eigenvalue weighted by Crippen LogP contribution is 2.21. The van der Waals surface area contributed by atoms with E-state index < -0.39 is 17.5 Å². The lowest BCUT2D eigenvalue weighted by Crippen LogP contribution is -2.46. The highest BCUT2D eigenvalue weighted by Gasteiger charge is 2.39. The second-order valence-corrected chi connectivity index (χ2v) is 3.18. The molecule has 0 aliphatic carbocycles. The summed E-state index contributed by atoms with van der Waals surface area (Å²) in [6.45, 7) is 4.64. The predicted octanol–water partition coefficient (Wildman–Crippen LogP) is 0.493. The molecule has 0 saturated heterocycles. The van der Waals surface area contributed by atoms with Crippen LogP contribution in [0.2, 0.25) is 0 Å². The minimum absolute atomic E-state index is 0.281. The van der Waals surface area contributed by atoms with Gasteiger partial charge < -0.3 is 14.9 Å². The van der Waals surface area contributed by atoms with Gasteiger partial charge in [0.1, 0.15) is 0 Å². The molecule has 3 atom stereocenters. The molecule has 0 fully saturated rings. The molecule has 12 heavy (non-hydrogen) atoms. The van der Waals surface area contributed by atoms with Crippen LogP contribution in [0, 0.1) is 5.92 Å². The van der Waals surface area contributed by atoms with Gasteiger partial charge in [-0.15, -0.1) is 0 Å². The molecule has 0 radical (unpaired) electrons. The summed E-state index contributed by atoms with van der Waals surface area (Å²) in [7, 11) is 1.49. The smallest absolute Gasteiger partial charge is 0.335 e. The van der Waals surface area contributed by atoms with E-state index in [-0.39, 0.29) is 6.10 Å². The highest BCUT2D eigenvalue weighted by atomic mass is 16.5.